The number of amides is 2. The molecule has 0 atom stereocenters. The Morgan fingerprint density at radius 2 is 2.15 bits per heavy atom. The van der Waals surface area contributed by atoms with Crippen molar-refractivity contribution in [2.24, 2.45) is 5.73 Å². The van der Waals surface area contributed by atoms with E-state index in [1.54, 1.807) is 32.2 Å². The Kier molecular flexibility index (Phi) is 5.19. The van der Waals surface area contributed by atoms with Gasteiger partial charge in [-0.2, -0.15) is 0 Å². The molecule has 0 aliphatic rings. The number of furan rings is 1. The number of aromatic nitrogens is 1. The maximum absolute atomic E-state index is 12.8. The third kappa shape index (κ3) is 3.68. The molecule has 0 fully saturated rings. The molecule has 0 spiro atoms. The molecule has 0 aliphatic carbocycles. The summed E-state index contributed by atoms with van der Waals surface area (Å²) in [5.74, 6) is 0.615. The number of primary amides is 1. The van der Waals surface area contributed by atoms with Gasteiger partial charge in [-0.05, 0) is 32.0 Å². The van der Waals surface area contributed by atoms with Gasteiger partial charge in [-0.15, -0.1) is 11.8 Å². The lowest BCUT2D eigenvalue weighted by molar-refractivity contribution is -0.115. The molecule has 2 amide bonds. The van der Waals surface area contributed by atoms with Gasteiger partial charge in [0, 0.05) is 5.39 Å². The van der Waals surface area contributed by atoms with Crippen LogP contribution in [0.3, 0.4) is 0 Å². The molecule has 2 aromatic heterocycles. The molecule has 26 heavy (non-hydrogen) atoms. The summed E-state index contributed by atoms with van der Waals surface area (Å²) >= 11 is 2.61. The van der Waals surface area contributed by atoms with Gasteiger partial charge >= 0.3 is 0 Å². The fourth-order valence-corrected chi connectivity index (χ4v) is 4.35. The predicted molar refractivity (Wildman–Crippen MR) is 102 cm³/mol. The Bertz CT molecular complexity index is 993. The molecule has 9 heteroatoms. The van der Waals surface area contributed by atoms with Crippen LogP contribution in [0.1, 0.15) is 21.8 Å². The number of hydrogen-bond donors (Lipinski definition) is 2. The highest BCUT2D eigenvalue weighted by Crippen LogP contribution is 2.33. The Balaban J connectivity index is 1.86. The van der Waals surface area contributed by atoms with Crippen LogP contribution in [0.15, 0.2) is 26.8 Å². The van der Waals surface area contributed by atoms with Crippen LogP contribution in [0, 0.1) is 13.8 Å². The number of carbonyl (C=O) groups is 2. The molecule has 0 saturated carbocycles. The first-order valence-corrected chi connectivity index (χ1v) is 9.46. The first kappa shape index (κ1) is 18.3. The Hall–Kier alpha value is -2.52. The van der Waals surface area contributed by atoms with Gasteiger partial charge in [-0.3, -0.25) is 14.9 Å². The minimum absolute atomic E-state index is 0.168. The number of thioether (sulfide) groups is 1. The zero-order chi connectivity index (χ0) is 18.8. The Morgan fingerprint density at radius 1 is 1.38 bits per heavy atom. The van der Waals surface area contributed by atoms with Gasteiger partial charge in [0.05, 0.1) is 28.3 Å². The lowest BCUT2D eigenvalue weighted by Gasteiger charge is -2.02. The smallest absolute Gasteiger partial charge is 0.261 e. The number of anilines is 1. The van der Waals surface area contributed by atoms with Crippen molar-refractivity contribution in [1.29, 1.82) is 0 Å². The van der Waals surface area contributed by atoms with Gasteiger partial charge in [-0.1, -0.05) is 11.3 Å². The molecule has 2 heterocycles. The van der Waals surface area contributed by atoms with Crippen molar-refractivity contribution in [3.8, 4) is 5.75 Å². The molecular formula is C17H17N3O4S2. The van der Waals surface area contributed by atoms with E-state index in [1.807, 2.05) is 6.92 Å². The molecule has 1 aromatic carbocycles. The summed E-state index contributed by atoms with van der Waals surface area (Å²) in [6.07, 6.45) is 0. The van der Waals surface area contributed by atoms with Crippen LogP contribution < -0.4 is 15.8 Å². The number of hydrogen-bond acceptors (Lipinski definition) is 7. The van der Waals surface area contributed by atoms with Crippen molar-refractivity contribution in [3.05, 3.63) is 35.2 Å². The van der Waals surface area contributed by atoms with Crippen molar-refractivity contribution in [1.82, 2.24) is 4.98 Å². The van der Waals surface area contributed by atoms with Crippen LogP contribution in [0.4, 0.5) is 5.13 Å². The van der Waals surface area contributed by atoms with Gasteiger partial charge in [0.2, 0.25) is 5.91 Å². The normalized spacial score (nSPS) is 10.9. The quantitative estimate of drug-likeness (QED) is 0.624. The van der Waals surface area contributed by atoms with E-state index < -0.39 is 5.91 Å². The maximum atomic E-state index is 12.8. The van der Waals surface area contributed by atoms with Crippen LogP contribution in [-0.2, 0) is 4.79 Å². The highest BCUT2D eigenvalue weighted by Gasteiger charge is 2.20. The number of methoxy groups -OCH3 is 1. The number of fused-ring (bicyclic) bond motifs is 1. The van der Waals surface area contributed by atoms with Crippen LogP contribution >= 0.6 is 23.1 Å². The Morgan fingerprint density at radius 3 is 2.85 bits per heavy atom. The molecular weight excluding hydrogens is 374 g/mol. The minimum Gasteiger partial charge on any atom is -0.497 e. The first-order valence-electron chi connectivity index (χ1n) is 7.66. The van der Waals surface area contributed by atoms with Crippen LogP contribution in [0.2, 0.25) is 0 Å². The summed E-state index contributed by atoms with van der Waals surface area (Å²) in [6.45, 7) is 3.56. The molecule has 136 valence electrons. The van der Waals surface area contributed by atoms with E-state index >= 15 is 0 Å². The monoisotopic (exact) mass is 391 g/mol. The van der Waals surface area contributed by atoms with Crippen LogP contribution in [0.5, 0.6) is 5.75 Å². The minimum atomic E-state index is -0.400. The summed E-state index contributed by atoms with van der Waals surface area (Å²) in [6, 6.07) is 5.31. The topological polar surface area (TPSA) is 107 Å². The molecule has 0 radical (unpaired) electrons. The number of nitrogens with zero attached hydrogens (tertiary/aromatic N) is 1. The fourth-order valence-electron chi connectivity index (χ4n) is 2.47. The van der Waals surface area contributed by atoms with Crippen molar-refractivity contribution < 1.29 is 18.7 Å². The van der Waals surface area contributed by atoms with Crippen molar-refractivity contribution >= 4 is 51.0 Å². The van der Waals surface area contributed by atoms with Crippen molar-refractivity contribution in [2.75, 3.05) is 18.2 Å². The van der Waals surface area contributed by atoms with E-state index in [2.05, 4.69) is 10.3 Å². The van der Waals surface area contributed by atoms with Gasteiger partial charge < -0.3 is 14.9 Å². The number of nitrogens with one attached hydrogen (secondary N) is 1. The molecule has 0 unspecified atom stereocenters. The fraction of sp³-hybridized carbons (Fsp3) is 0.235. The molecule has 3 rings (SSSR count). The average Bonchev–Trinajstić information content (AvgIpc) is 3.10. The number of ether oxygens (including phenoxy) is 1. The van der Waals surface area contributed by atoms with Gasteiger partial charge in [0.1, 0.15) is 17.1 Å². The molecule has 0 saturated heterocycles. The zero-order valence-corrected chi connectivity index (χ0v) is 16.0. The van der Waals surface area contributed by atoms with E-state index in [0.29, 0.717) is 33.2 Å². The lowest BCUT2D eigenvalue weighted by Crippen LogP contribution is -2.12. The van der Waals surface area contributed by atoms with E-state index in [-0.39, 0.29) is 11.7 Å². The third-order valence-corrected chi connectivity index (χ3v) is 6.08. The number of nitrogens with two attached hydrogens (primary N) is 1. The number of carbonyl (C=O) groups excluding carboxylic acids is 2. The highest BCUT2D eigenvalue weighted by atomic mass is 32.2. The number of benzene rings is 1. The molecule has 0 aliphatic heterocycles. The predicted octanol–water partition coefficient (Wildman–Crippen LogP) is 3.34. The second-order valence-corrected chi connectivity index (χ2v) is 7.74. The number of rotatable bonds is 6. The standard InChI is InChI=1S/C17H17N3O4S2/c1-8-16(25-7-13(18)21)26-17(19-8)20-15(22)14-9(2)24-12-5-4-10(23-3)6-11(12)14/h4-6H,7H2,1-3H3,(H2,18,21)(H,19,20,22). The summed E-state index contributed by atoms with van der Waals surface area (Å²) in [5.41, 5.74) is 6.97. The molecule has 3 N–H and O–H groups in total. The number of aryl methyl sites for hydroxylation is 2. The second-order valence-electron chi connectivity index (χ2n) is 5.50. The second kappa shape index (κ2) is 7.38. The van der Waals surface area contributed by atoms with Gasteiger partial charge in [0.15, 0.2) is 5.13 Å². The van der Waals surface area contributed by atoms with E-state index in [1.165, 1.54) is 23.1 Å². The molecule has 3 aromatic rings. The van der Waals surface area contributed by atoms with E-state index in [9.17, 15) is 9.59 Å². The van der Waals surface area contributed by atoms with Gasteiger partial charge in [-0.25, -0.2) is 4.98 Å². The van der Waals surface area contributed by atoms with Crippen molar-refractivity contribution in [3.63, 3.8) is 0 Å². The maximum Gasteiger partial charge on any atom is 0.261 e. The summed E-state index contributed by atoms with van der Waals surface area (Å²) in [4.78, 5) is 28.0. The summed E-state index contributed by atoms with van der Waals surface area (Å²) < 4.78 is 11.7. The first-order chi connectivity index (χ1) is 12.4. The SMILES string of the molecule is COc1ccc2oc(C)c(C(=O)Nc3nc(C)c(SCC(N)=O)s3)c2c1. The summed E-state index contributed by atoms with van der Waals surface area (Å²) in [7, 11) is 1.57. The van der Waals surface area contributed by atoms with Crippen molar-refractivity contribution in [2.45, 2.75) is 18.1 Å². The van der Waals surface area contributed by atoms with E-state index in [4.69, 9.17) is 14.9 Å². The third-order valence-electron chi connectivity index (χ3n) is 3.62. The summed E-state index contributed by atoms with van der Waals surface area (Å²) in [5, 5.41) is 3.93. The lowest BCUT2D eigenvalue weighted by atomic mass is 10.1. The van der Waals surface area contributed by atoms with E-state index in [0.717, 1.165) is 9.90 Å². The molecule has 0 bridgehead atoms. The average molecular weight is 391 g/mol. The Labute approximate surface area is 157 Å². The van der Waals surface area contributed by atoms with Crippen LogP contribution in [0.25, 0.3) is 11.0 Å². The van der Waals surface area contributed by atoms with Crippen LogP contribution in [-0.4, -0.2) is 29.7 Å². The zero-order valence-electron chi connectivity index (χ0n) is 14.4. The van der Waals surface area contributed by atoms with Gasteiger partial charge in [0.25, 0.3) is 5.91 Å². The largest absolute Gasteiger partial charge is 0.497 e. The highest BCUT2D eigenvalue weighted by molar-refractivity contribution is 8.01. The number of thiazole rings is 1. The molecule has 7 nitrogen and oxygen atoms in total.